The van der Waals surface area contributed by atoms with Crippen LogP contribution in [0, 0.1) is 11.6 Å². The van der Waals surface area contributed by atoms with Crippen LogP contribution in [0.4, 0.5) is 14.5 Å². The molecule has 4 nitrogen and oxygen atoms in total. The van der Waals surface area contributed by atoms with Crippen molar-refractivity contribution in [3.05, 3.63) is 65.7 Å². The van der Waals surface area contributed by atoms with Gasteiger partial charge in [-0.2, -0.15) is 0 Å². The lowest BCUT2D eigenvalue weighted by Crippen LogP contribution is -2.36. The van der Waals surface area contributed by atoms with Crippen molar-refractivity contribution in [3.8, 4) is 0 Å². The number of para-hydroxylation sites is 1. The van der Waals surface area contributed by atoms with Gasteiger partial charge in [0, 0.05) is 6.42 Å². The third-order valence-corrected chi connectivity index (χ3v) is 3.62. The van der Waals surface area contributed by atoms with Crippen molar-refractivity contribution >= 4 is 17.6 Å². The summed E-state index contributed by atoms with van der Waals surface area (Å²) in [5, 5.41) is 11.6. The molecule has 120 valence electrons. The molecule has 0 unspecified atom stereocenters. The Kier molecular flexibility index (Phi) is 4.74. The Hall–Kier alpha value is -2.76. The standard InChI is InChI=1S/C17H15F2NO3/c1-17(16(22)23,11-6-3-2-4-7-11)10-14(21)20-15-12(18)8-5-9-13(15)19/h2-9H,10H2,1H3,(H,20,21)(H,22,23)/t17-/m1/s1. The highest BCUT2D eigenvalue weighted by molar-refractivity contribution is 5.96. The van der Waals surface area contributed by atoms with Crippen molar-refractivity contribution in [1.29, 1.82) is 0 Å². The maximum Gasteiger partial charge on any atom is 0.314 e. The monoisotopic (exact) mass is 319 g/mol. The third-order valence-electron chi connectivity index (χ3n) is 3.62. The summed E-state index contributed by atoms with van der Waals surface area (Å²) in [5.74, 6) is -3.83. The van der Waals surface area contributed by atoms with Crippen LogP contribution in [0.15, 0.2) is 48.5 Å². The van der Waals surface area contributed by atoms with Gasteiger partial charge in [-0.25, -0.2) is 8.78 Å². The van der Waals surface area contributed by atoms with Crippen LogP contribution in [-0.4, -0.2) is 17.0 Å². The lowest BCUT2D eigenvalue weighted by atomic mass is 9.79. The lowest BCUT2D eigenvalue weighted by molar-refractivity contribution is -0.145. The zero-order chi connectivity index (χ0) is 17.0. The summed E-state index contributed by atoms with van der Waals surface area (Å²) in [6.07, 6.45) is -0.458. The number of nitrogens with one attached hydrogen (secondary N) is 1. The van der Waals surface area contributed by atoms with Crippen LogP contribution < -0.4 is 5.32 Å². The van der Waals surface area contributed by atoms with Crippen molar-refractivity contribution in [2.24, 2.45) is 0 Å². The molecule has 0 radical (unpaired) electrons. The fourth-order valence-electron chi connectivity index (χ4n) is 2.23. The highest BCUT2D eigenvalue weighted by Gasteiger charge is 2.37. The Labute approximate surface area is 131 Å². The van der Waals surface area contributed by atoms with E-state index in [9.17, 15) is 23.5 Å². The summed E-state index contributed by atoms with van der Waals surface area (Å²) in [6.45, 7) is 1.39. The number of hydrogen-bond donors (Lipinski definition) is 2. The molecule has 2 N–H and O–H groups in total. The Morgan fingerprint density at radius 1 is 1.04 bits per heavy atom. The van der Waals surface area contributed by atoms with Gasteiger partial charge in [0.05, 0.1) is 5.41 Å². The van der Waals surface area contributed by atoms with E-state index < -0.39 is 41.0 Å². The minimum absolute atomic E-state index is 0.427. The molecule has 0 bridgehead atoms. The first-order valence-corrected chi connectivity index (χ1v) is 6.87. The lowest BCUT2D eigenvalue weighted by Gasteiger charge is -2.24. The normalized spacial score (nSPS) is 13.2. The van der Waals surface area contributed by atoms with Gasteiger partial charge in [0.15, 0.2) is 0 Å². The first-order chi connectivity index (χ1) is 10.8. The molecule has 2 aromatic rings. The number of carbonyl (C=O) groups excluding carboxylic acids is 1. The smallest absolute Gasteiger partial charge is 0.314 e. The maximum absolute atomic E-state index is 13.6. The molecule has 0 aliphatic carbocycles. The summed E-state index contributed by atoms with van der Waals surface area (Å²) in [6, 6.07) is 11.4. The number of carboxylic acid groups (broad SMARTS) is 1. The molecule has 0 aromatic heterocycles. The second kappa shape index (κ2) is 6.56. The predicted octanol–water partition coefficient (Wildman–Crippen LogP) is 3.34. The summed E-state index contributed by atoms with van der Waals surface area (Å²) in [7, 11) is 0. The van der Waals surface area contributed by atoms with Crippen molar-refractivity contribution < 1.29 is 23.5 Å². The second-order valence-electron chi connectivity index (χ2n) is 5.32. The summed E-state index contributed by atoms with van der Waals surface area (Å²) < 4.78 is 27.1. The summed E-state index contributed by atoms with van der Waals surface area (Å²) >= 11 is 0. The Bertz CT molecular complexity index is 714. The molecule has 0 aliphatic heterocycles. The Balaban J connectivity index is 2.25. The van der Waals surface area contributed by atoms with Crippen LogP contribution in [-0.2, 0) is 15.0 Å². The van der Waals surface area contributed by atoms with Gasteiger partial charge in [0.25, 0.3) is 0 Å². The molecule has 1 amide bonds. The number of benzene rings is 2. The van der Waals surface area contributed by atoms with Crippen molar-refractivity contribution in [2.75, 3.05) is 5.32 Å². The van der Waals surface area contributed by atoms with Gasteiger partial charge in [-0.3, -0.25) is 9.59 Å². The van der Waals surface area contributed by atoms with Gasteiger partial charge in [-0.1, -0.05) is 36.4 Å². The van der Waals surface area contributed by atoms with E-state index in [1.165, 1.54) is 13.0 Å². The molecule has 1 atom stereocenters. The van der Waals surface area contributed by atoms with Crippen molar-refractivity contribution in [2.45, 2.75) is 18.8 Å². The average Bonchev–Trinajstić information content (AvgIpc) is 2.51. The van der Waals surface area contributed by atoms with E-state index in [0.717, 1.165) is 12.1 Å². The number of amides is 1. The first-order valence-electron chi connectivity index (χ1n) is 6.87. The molecule has 2 rings (SSSR count). The minimum atomic E-state index is -1.51. The fourth-order valence-corrected chi connectivity index (χ4v) is 2.23. The van der Waals surface area contributed by atoms with Crippen LogP contribution in [0.2, 0.25) is 0 Å². The Morgan fingerprint density at radius 2 is 1.61 bits per heavy atom. The molecule has 0 aliphatic rings. The maximum atomic E-state index is 13.6. The minimum Gasteiger partial charge on any atom is -0.481 e. The summed E-state index contributed by atoms with van der Waals surface area (Å²) in [4.78, 5) is 23.7. The number of hydrogen-bond acceptors (Lipinski definition) is 2. The number of aliphatic carboxylic acids is 1. The van der Waals surface area contributed by atoms with Gasteiger partial charge in [0.1, 0.15) is 17.3 Å². The quantitative estimate of drug-likeness (QED) is 0.888. The molecular formula is C17H15F2NO3. The number of rotatable bonds is 5. The molecule has 23 heavy (non-hydrogen) atoms. The van der Waals surface area contributed by atoms with E-state index >= 15 is 0 Å². The van der Waals surface area contributed by atoms with E-state index in [2.05, 4.69) is 5.32 Å². The van der Waals surface area contributed by atoms with Gasteiger partial charge < -0.3 is 10.4 Å². The highest BCUT2D eigenvalue weighted by atomic mass is 19.1. The predicted molar refractivity (Wildman–Crippen MR) is 81.0 cm³/mol. The molecule has 0 heterocycles. The largest absolute Gasteiger partial charge is 0.481 e. The van der Waals surface area contributed by atoms with Crippen LogP contribution in [0.3, 0.4) is 0 Å². The molecule has 0 saturated heterocycles. The van der Waals surface area contributed by atoms with E-state index in [1.54, 1.807) is 30.3 Å². The van der Waals surface area contributed by atoms with Crippen LogP contribution in [0.25, 0.3) is 0 Å². The molecule has 6 heteroatoms. The number of anilines is 1. The van der Waals surface area contributed by atoms with Crippen molar-refractivity contribution in [1.82, 2.24) is 0 Å². The van der Waals surface area contributed by atoms with Crippen LogP contribution in [0.5, 0.6) is 0 Å². The zero-order valence-corrected chi connectivity index (χ0v) is 12.3. The number of carboxylic acids is 1. The van der Waals surface area contributed by atoms with Crippen LogP contribution >= 0.6 is 0 Å². The number of carbonyl (C=O) groups is 2. The van der Waals surface area contributed by atoms with E-state index in [4.69, 9.17) is 0 Å². The van der Waals surface area contributed by atoms with Crippen LogP contribution in [0.1, 0.15) is 18.9 Å². The zero-order valence-electron chi connectivity index (χ0n) is 12.3. The molecule has 2 aromatic carbocycles. The third kappa shape index (κ3) is 3.53. The number of halogens is 2. The van der Waals surface area contributed by atoms with Gasteiger partial charge in [-0.05, 0) is 24.6 Å². The van der Waals surface area contributed by atoms with Gasteiger partial charge in [-0.15, -0.1) is 0 Å². The first kappa shape index (κ1) is 16.6. The SMILES string of the molecule is C[C@](CC(=O)Nc1c(F)cccc1F)(C(=O)O)c1ccccc1. The molecular weight excluding hydrogens is 304 g/mol. The highest BCUT2D eigenvalue weighted by Crippen LogP contribution is 2.29. The van der Waals surface area contributed by atoms with Crippen molar-refractivity contribution in [3.63, 3.8) is 0 Å². The molecule has 0 fully saturated rings. The molecule has 0 spiro atoms. The second-order valence-corrected chi connectivity index (χ2v) is 5.32. The van der Waals surface area contributed by atoms with E-state index in [-0.39, 0.29) is 0 Å². The Morgan fingerprint density at radius 3 is 2.13 bits per heavy atom. The average molecular weight is 319 g/mol. The van der Waals surface area contributed by atoms with E-state index in [0.29, 0.717) is 5.56 Å². The van der Waals surface area contributed by atoms with Gasteiger partial charge >= 0.3 is 5.97 Å². The summed E-state index contributed by atoms with van der Waals surface area (Å²) in [5.41, 5.74) is -1.66. The van der Waals surface area contributed by atoms with Gasteiger partial charge in [0.2, 0.25) is 5.91 Å². The topological polar surface area (TPSA) is 66.4 Å². The molecule has 0 saturated carbocycles. The van der Waals surface area contributed by atoms with E-state index in [1.807, 2.05) is 0 Å². The fraction of sp³-hybridized carbons (Fsp3) is 0.176.